The number of allylic oxidation sites excluding steroid dienone is 1. The third kappa shape index (κ3) is 4.76. The van der Waals surface area contributed by atoms with Gasteiger partial charge in [0.05, 0.1) is 14.2 Å². The highest BCUT2D eigenvalue weighted by Gasteiger charge is 2.15. The first-order valence-electron chi connectivity index (χ1n) is 8.07. The summed E-state index contributed by atoms with van der Waals surface area (Å²) in [5, 5.41) is 2.93. The maximum absolute atomic E-state index is 12.5. The van der Waals surface area contributed by atoms with Gasteiger partial charge >= 0.3 is 0 Å². The number of amides is 1. The molecule has 0 aliphatic rings. The van der Waals surface area contributed by atoms with Gasteiger partial charge in [-0.3, -0.25) is 4.79 Å². The Labute approximate surface area is 148 Å². The number of anilines is 1. The zero-order chi connectivity index (χ0) is 18.2. The van der Waals surface area contributed by atoms with E-state index in [4.69, 9.17) is 15.2 Å². The smallest absolute Gasteiger partial charge is 0.251 e. The van der Waals surface area contributed by atoms with Crippen molar-refractivity contribution in [3.8, 4) is 11.5 Å². The Hall–Kier alpha value is -2.95. The Bertz CT molecular complexity index is 739. The van der Waals surface area contributed by atoms with Crippen LogP contribution in [0, 0.1) is 0 Å². The predicted octanol–water partition coefficient (Wildman–Crippen LogP) is 2.99. The lowest BCUT2D eigenvalue weighted by Crippen LogP contribution is -2.26. The number of nitrogens with one attached hydrogen (secondary N) is 1. The van der Waals surface area contributed by atoms with E-state index in [-0.39, 0.29) is 5.91 Å². The van der Waals surface area contributed by atoms with Gasteiger partial charge in [0.1, 0.15) is 0 Å². The summed E-state index contributed by atoms with van der Waals surface area (Å²) in [5.41, 5.74) is 8.92. The monoisotopic (exact) mass is 340 g/mol. The van der Waals surface area contributed by atoms with E-state index in [1.165, 1.54) is 0 Å². The van der Waals surface area contributed by atoms with Crippen molar-refractivity contribution in [1.29, 1.82) is 0 Å². The second-order valence-electron chi connectivity index (χ2n) is 5.61. The van der Waals surface area contributed by atoms with Crippen molar-refractivity contribution in [3.05, 3.63) is 65.7 Å². The molecule has 1 amide bonds. The number of carbonyl (C=O) groups excluding carboxylic acids is 1. The van der Waals surface area contributed by atoms with Gasteiger partial charge in [-0.2, -0.15) is 0 Å². The SMILES string of the molecule is C=CCc1cc(C(=O)NCCc2ccc(N)cc2)cc(OC)c1OC. The van der Waals surface area contributed by atoms with Gasteiger partial charge in [-0.15, -0.1) is 6.58 Å². The molecule has 0 aliphatic carbocycles. The van der Waals surface area contributed by atoms with E-state index in [0.717, 1.165) is 23.2 Å². The summed E-state index contributed by atoms with van der Waals surface area (Å²) in [6, 6.07) is 11.1. The molecular weight excluding hydrogens is 316 g/mol. The van der Waals surface area contributed by atoms with Gasteiger partial charge in [0.2, 0.25) is 0 Å². The van der Waals surface area contributed by atoms with E-state index in [0.29, 0.717) is 30.0 Å². The van der Waals surface area contributed by atoms with Crippen LogP contribution in [-0.2, 0) is 12.8 Å². The molecule has 0 aliphatic heterocycles. The minimum absolute atomic E-state index is 0.151. The fraction of sp³-hybridized carbons (Fsp3) is 0.250. The number of benzene rings is 2. The second kappa shape index (κ2) is 8.78. The molecule has 2 rings (SSSR count). The minimum atomic E-state index is -0.151. The molecule has 0 saturated heterocycles. The van der Waals surface area contributed by atoms with Crippen LogP contribution in [-0.4, -0.2) is 26.7 Å². The van der Waals surface area contributed by atoms with Crippen LogP contribution >= 0.6 is 0 Å². The zero-order valence-corrected chi connectivity index (χ0v) is 14.7. The van der Waals surface area contributed by atoms with Crippen LogP contribution in [0.15, 0.2) is 49.1 Å². The predicted molar refractivity (Wildman–Crippen MR) is 100 cm³/mol. The molecule has 0 radical (unpaired) electrons. The number of carbonyl (C=O) groups is 1. The van der Waals surface area contributed by atoms with Crippen LogP contribution in [0.4, 0.5) is 5.69 Å². The molecule has 0 fully saturated rings. The number of rotatable bonds is 8. The van der Waals surface area contributed by atoms with E-state index >= 15 is 0 Å². The normalized spacial score (nSPS) is 10.2. The summed E-state index contributed by atoms with van der Waals surface area (Å²) in [6.45, 7) is 4.28. The largest absolute Gasteiger partial charge is 0.493 e. The lowest BCUT2D eigenvalue weighted by Gasteiger charge is -2.14. The lowest BCUT2D eigenvalue weighted by atomic mass is 10.0. The van der Waals surface area contributed by atoms with Crippen molar-refractivity contribution >= 4 is 11.6 Å². The van der Waals surface area contributed by atoms with Crippen LogP contribution < -0.4 is 20.5 Å². The molecule has 0 saturated carbocycles. The topological polar surface area (TPSA) is 73.6 Å². The van der Waals surface area contributed by atoms with Crippen molar-refractivity contribution in [2.24, 2.45) is 0 Å². The van der Waals surface area contributed by atoms with E-state index < -0.39 is 0 Å². The molecule has 132 valence electrons. The fourth-order valence-corrected chi connectivity index (χ4v) is 2.59. The lowest BCUT2D eigenvalue weighted by molar-refractivity contribution is 0.0953. The van der Waals surface area contributed by atoms with Gasteiger partial charge in [-0.25, -0.2) is 0 Å². The molecule has 3 N–H and O–H groups in total. The maximum Gasteiger partial charge on any atom is 0.251 e. The van der Waals surface area contributed by atoms with Gasteiger partial charge in [-0.1, -0.05) is 18.2 Å². The molecule has 2 aromatic carbocycles. The Kier molecular flexibility index (Phi) is 6.46. The molecule has 0 bridgehead atoms. The Morgan fingerprint density at radius 1 is 1.20 bits per heavy atom. The number of ether oxygens (including phenoxy) is 2. The van der Waals surface area contributed by atoms with Crippen molar-refractivity contribution in [2.75, 3.05) is 26.5 Å². The van der Waals surface area contributed by atoms with E-state index in [1.807, 2.05) is 30.3 Å². The highest BCUT2D eigenvalue weighted by molar-refractivity contribution is 5.95. The molecule has 0 heterocycles. The van der Waals surface area contributed by atoms with Gasteiger partial charge < -0.3 is 20.5 Å². The molecule has 0 aromatic heterocycles. The minimum Gasteiger partial charge on any atom is -0.493 e. The first-order valence-corrected chi connectivity index (χ1v) is 8.07. The van der Waals surface area contributed by atoms with Crippen LogP contribution in [0.25, 0.3) is 0 Å². The average Bonchev–Trinajstić information content (AvgIpc) is 2.62. The van der Waals surface area contributed by atoms with E-state index in [9.17, 15) is 4.79 Å². The Balaban J connectivity index is 2.08. The molecule has 0 atom stereocenters. The first-order chi connectivity index (χ1) is 12.1. The standard InChI is InChI=1S/C20H24N2O3/c1-4-5-15-12-16(13-18(24-2)19(15)25-3)20(23)22-11-10-14-6-8-17(21)9-7-14/h4,6-9,12-13H,1,5,10-11,21H2,2-3H3,(H,22,23). The van der Waals surface area contributed by atoms with Crippen molar-refractivity contribution in [1.82, 2.24) is 5.32 Å². The van der Waals surface area contributed by atoms with E-state index in [2.05, 4.69) is 11.9 Å². The molecule has 0 unspecified atom stereocenters. The molecule has 2 aromatic rings. The molecular formula is C20H24N2O3. The van der Waals surface area contributed by atoms with Crippen LogP contribution in [0.5, 0.6) is 11.5 Å². The third-order valence-electron chi connectivity index (χ3n) is 3.86. The zero-order valence-electron chi connectivity index (χ0n) is 14.7. The van der Waals surface area contributed by atoms with Crippen LogP contribution in [0.3, 0.4) is 0 Å². The number of nitrogens with two attached hydrogens (primary N) is 1. The van der Waals surface area contributed by atoms with Gasteiger partial charge in [0.25, 0.3) is 5.91 Å². The maximum atomic E-state index is 12.5. The highest BCUT2D eigenvalue weighted by Crippen LogP contribution is 2.33. The number of hydrogen-bond acceptors (Lipinski definition) is 4. The Morgan fingerprint density at radius 2 is 1.92 bits per heavy atom. The summed E-state index contributed by atoms with van der Waals surface area (Å²) in [7, 11) is 3.13. The third-order valence-corrected chi connectivity index (χ3v) is 3.86. The number of methoxy groups -OCH3 is 2. The first kappa shape index (κ1) is 18.4. The summed E-state index contributed by atoms with van der Waals surface area (Å²) in [4.78, 5) is 12.5. The number of nitrogen functional groups attached to an aromatic ring is 1. The van der Waals surface area contributed by atoms with Crippen molar-refractivity contribution in [2.45, 2.75) is 12.8 Å². The summed E-state index contributed by atoms with van der Waals surface area (Å²) in [5.74, 6) is 1.01. The molecule has 25 heavy (non-hydrogen) atoms. The molecule has 5 heteroatoms. The van der Waals surface area contributed by atoms with Crippen LogP contribution in [0.2, 0.25) is 0 Å². The molecule has 0 spiro atoms. The van der Waals surface area contributed by atoms with Crippen molar-refractivity contribution in [3.63, 3.8) is 0 Å². The quantitative estimate of drug-likeness (QED) is 0.572. The number of hydrogen-bond donors (Lipinski definition) is 2. The molecule has 5 nitrogen and oxygen atoms in total. The van der Waals surface area contributed by atoms with Crippen LogP contribution in [0.1, 0.15) is 21.5 Å². The fourth-order valence-electron chi connectivity index (χ4n) is 2.59. The highest BCUT2D eigenvalue weighted by atomic mass is 16.5. The van der Waals surface area contributed by atoms with Gasteiger partial charge in [0.15, 0.2) is 11.5 Å². The summed E-state index contributed by atoms with van der Waals surface area (Å²) < 4.78 is 10.7. The van der Waals surface area contributed by atoms with Gasteiger partial charge in [0, 0.05) is 23.4 Å². The summed E-state index contributed by atoms with van der Waals surface area (Å²) in [6.07, 6.45) is 3.09. The average molecular weight is 340 g/mol. The van der Waals surface area contributed by atoms with Crippen molar-refractivity contribution < 1.29 is 14.3 Å². The summed E-state index contributed by atoms with van der Waals surface area (Å²) >= 11 is 0. The Morgan fingerprint density at radius 3 is 2.52 bits per heavy atom. The van der Waals surface area contributed by atoms with E-state index in [1.54, 1.807) is 26.4 Å². The second-order valence-corrected chi connectivity index (χ2v) is 5.61. The van der Waals surface area contributed by atoms with Gasteiger partial charge in [-0.05, 0) is 42.7 Å².